The quantitative estimate of drug-likeness (QED) is 0.103. The minimum absolute atomic E-state index is 0.205. The van der Waals surface area contributed by atoms with E-state index in [1.54, 1.807) is 12.5 Å². The lowest BCUT2D eigenvalue weighted by Gasteiger charge is -2.06. The van der Waals surface area contributed by atoms with Crippen molar-refractivity contribution >= 4 is 66.8 Å². The lowest BCUT2D eigenvalue weighted by atomic mass is 10.1. The van der Waals surface area contributed by atoms with Gasteiger partial charge in [0.25, 0.3) is 0 Å². The first kappa shape index (κ1) is 48.3. The third-order valence-corrected chi connectivity index (χ3v) is 11.8. The SMILES string of the molecule is CSc1ncc(C)c(-c2cn(-c3ccccc3)c3nc(-c4conc4C)ccc23)n1.Cc1cnc(S(C)(=O)=O)nc1-c1cn(-c2ccccc2)c2nc(-c3conc3C)ccc12.O=S=O.O=S=O. The van der Waals surface area contributed by atoms with Gasteiger partial charge in [-0.1, -0.05) is 58.5 Å². The highest BCUT2D eigenvalue weighted by Gasteiger charge is 2.22. The topological polar surface area (TPSA) is 242 Å². The summed E-state index contributed by atoms with van der Waals surface area (Å²) in [4.78, 5) is 27.5. The highest BCUT2D eigenvalue weighted by Crippen LogP contribution is 2.37. The largest absolute Gasteiger partial charge is 0.364 e. The van der Waals surface area contributed by atoms with Crippen LogP contribution in [0.25, 0.3) is 78.5 Å². The van der Waals surface area contributed by atoms with Gasteiger partial charge in [-0.25, -0.2) is 38.3 Å². The van der Waals surface area contributed by atoms with Gasteiger partial charge in [-0.15, -0.1) is 0 Å². The van der Waals surface area contributed by atoms with E-state index in [0.29, 0.717) is 11.3 Å². The van der Waals surface area contributed by atoms with Crippen LogP contribution in [-0.2, 0) is 33.0 Å². The summed E-state index contributed by atoms with van der Waals surface area (Å²) in [6, 6.07) is 28.0. The maximum absolute atomic E-state index is 12.1. The second kappa shape index (κ2) is 21.3. The Morgan fingerprint density at radius 1 is 0.544 bits per heavy atom. The number of fused-ring (bicyclic) bond motifs is 2. The number of para-hydroxylation sites is 2. The van der Waals surface area contributed by atoms with Gasteiger partial charge in [0.15, 0.2) is 5.16 Å². The molecule has 0 fully saturated rings. The number of thioether (sulfide) groups is 1. The Morgan fingerprint density at radius 3 is 1.37 bits per heavy atom. The van der Waals surface area contributed by atoms with E-state index in [1.165, 1.54) is 18.0 Å². The maximum Gasteiger partial charge on any atom is 0.335 e. The zero-order valence-electron chi connectivity index (χ0n) is 36.9. The molecule has 0 aliphatic carbocycles. The average molecular weight is 987 g/mol. The van der Waals surface area contributed by atoms with Gasteiger partial charge < -0.3 is 18.2 Å². The van der Waals surface area contributed by atoms with Gasteiger partial charge in [-0.3, -0.25) is 0 Å². The molecule has 0 saturated heterocycles. The summed E-state index contributed by atoms with van der Waals surface area (Å²) in [6.45, 7) is 7.67. The van der Waals surface area contributed by atoms with E-state index in [2.05, 4.69) is 54.2 Å². The smallest absolute Gasteiger partial charge is 0.335 e. The van der Waals surface area contributed by atoms with Gasteiger partial charge in [0, 0.05) is 64.3 Å². The van der Waals surface area contributed by atoms with E-state index in [1.807, 2.05) is 118 Å². The summed E-state index contributed by atoms with van der Waals surface area (Å²) in [5.41, 5.74) is 13.4. The summed E-state index contributed by atoms with van der Waals surface area (Å²) in [6.07, 6.45) is 13.7. The molecule has 0 radical (unpaired) electrons. The highest BCUT2D eigenvalue weighted by molar-refractivity contribution is 7.98. The Kier molecular flexibility index (Phi) is 15.1. The second-order valence-corrected chi connectivity index (χ2v) is 17.7. The van der Waals surface area contributed by atoms with Gasteiger partial charge >= 0.3 is 23.1 Å². The molecule has 0 saturated carbocycles. The molecule has 18 nitrogen and oxygen atoms in total. The molecule has 0 spiro atoms. The molecule has 0 atom stereocenters. The number of hydrogen-bond donors (Lipinski definition) is 0. The Hall–Kier alpha value is -7.66. The highest BCUT2D eigenvalue weighted by atomic mass is 32.2. The molecule has 0 bridgehead atoms. The molecule has 8 heterocycles. The number of pyridine rings is 2. The molecule has 0 N–H and O–H groups in total. The van der Waals surface area contributed by atoms with Crippen LogP contribution in [0.15, 0.2) is 142 Å². The summed E-state index contributed by atoms with van der Waals surface area (Å²) in [5, 5.41) is 10.4. The fourth-order valence-electron chi connectivity index (χ4n) is 7.20. The zero-order valence-corrected chi connectivity index (χ0v) is 40.2. The summed E-state index contributed by atoms with van der Waals surface area (Å²) >= 11 is 0.0352. The van der Waals surface area contributed by atoms with Crippen molar-refractivity contribution in [3.8, 4) is 56.4 Å². The molecule has 0 amide bonds. The first-order chi connectivity index (χ1) is 32.8. The number of sulfone groups is 1. The summed E-state index contributed by atoms with van der Waals surface area (Å²) in [5.74, 6) is 0. The number of aromatic nitrogens is 10. The van der Waals surface area contributed by atoms with Crippen molar-refractivity contribution in [2.24, 2.45) is 0 Å². The molecule has 0 aliphatic rings. The van der Waals surface area contributed by atoms with Crippen molar-refractivity contribution in [3.05, 3.63) is 145 Å². The van der Waals surface area contributed by atoms with Gasteiger partial charge in [0.05, 0.1) is 45.3 Å². The van der Waals surface area contributed by atoms with Crippen LogP contribution in [0.4, 0.5) is 0 Å². The molecule has 10 aromatic rings. The van der Waals surface area contributed by atoms with E-state index in [4.69, 9.17) is 40.8 Å². The fourth-order valence-corrected chi connectivity index (χ4v) is 8.04. The number of aryl methyl sites for hydroxylation is 4. The standard InChI is InChI=1S/C23H19N5O3S.C23H19N5OS.2O2S/c1-14-11-24-23(32(3,29)30)26-21(14)18-12-28(16-7-5-4-6-8-16)22-17(18)9-10-20(25-22)19-13-31-27-15(19)2;1-14-11-24-23(30-3)26-21(14)18-12-28(16-7-5-4-6-8-16)22-17(18)9-10-20(25-22)19-13-29-27-15(19)2;2*1-3-2/h4-13H,1-3H3;4-13H,1-3H3;;. The lowest BCUT2D eigenvalue weighted by molar-refractivity contribution is 0.415. The minimum atomic E-state index is -3.55. The predicted octanol–water partition coefficient (Wildman–Crippen LogP) is 8.29. The van der Waals surface area contributed by atoms with Gasteiger partial charge in [-0.05, 0) is 93.6 Å². The van der Waals surface area contributed by atoms with E-state index in [9.17, 15) is 8.42 Å². The third-order valence-electron chi connectivity index (χ3n) is 10.3. The van der Waals surface area contributed by atoms with E-state index in [-0.39, 0.29) is 5.16 Å². The molecule has 0 aliphatic heterocycles. The van der Waals surface area contributed by atoms with Crippen LogP contribution in [0.1, 0.15) is 22.5 Å². The van der Waals surface area contributed by atoms with Gasteiger partial charge in [0.2, 0.25) is 15.0 Å². The zero-order chi connectivity index (χ0) is 48.5. The van der Waals surface area contributed by atoms with Crippen molar-refractivity contribution < 1.29 is 34.3 Å². The van der Waals surface area contributed by atoms with Crippen LogP contribution >= 0.6 is 11.8 Å². The Labute approximate surface area is 400 Å². The van der Waals surface area contributed by atoms with Crippen LogP contribution in [0, 0.1) is 27.7 Å². The molecule has 344 valence electrons. The normalized spacial score (nSPS) is 10.9. The van der Waals surface area contributed by atoms with E-state index >= 15 is 0 Å². The van der Waals surface area contributed by atoms with E-state index in [0.717, 1.165) is 101 Å². The average Bonchev–Trinajstić information content (AvgIpc) is 4.15. The molecule has 8 aromatic heterocycles. The Morgan fingerprint density at radius 2 is 0.971 bits per heavy atom. The van der Waals surface area contributed by atoms with Gasteiger partial charge in [0.1, 0.15) is 23.8 Å². The molecule has 68 heavy (non-hydrogen) atoms. The predicted molar refractivity (Wildman–Crippen MR) is 257 cm³/mol. The molecule has 0 unspecified atom stereocenters. The summed E-state index contributed by atoms with van der Waals surface area (Å²) in [7, 11) is -3.55. The van der Waals surface area contributed by atoms with Crippen molar-refractivity contribution in [2.45, 2.75) is 38.0 Å². The monoisotopic (exact) mass is 986 g/mol. The second-order valence-electron chi connectivity index (χ2n) is 14.7. The third kappa shape index (κ3) is 10.3. The summed E-state index contributed by atoms with van der Waals surface area (Å²) < 4.78 is 71.6. The molecular weight excluding hydrogens is 949 g/mol. The van der Waals surface area contributed by atoms with Crippen LogP contribution in [0.5, 0.6) is 0 Å². The Balaban J connectivity index is 0.000000181. The number of hydrogen-bond acceptors (Lipinski definition) is 17. The molecular formula is C46H38N10O8S4. The van der Waals surface area contributed by atoms with E-state index < -0.39 is 33.0 Å². The van der Waals surface area contributed by atoms with Crippen LogP contribution in [0.3, 0.4) is 0 Å². The molecule has 2 aromatic carbocycles. The maximum atomic E-state index is 12.1. The van der Waals surface area contributed by atoms with Crippen LogP contribution in [0.2, 0.25) is 0 Å². The Bertz CT molecular complexity index is 3590. The number of rotatable bonds is 8. The molecule has 10 rings (SSSR count). The first-order valence-corrected chi connectivity index (χ1v) is 24.5. The van der Waals surface area contributed by atoms with Crippen LogP contribution < -0.4 is 0 Å². The molecule has 22 heteroatoms. The van der Waals surface area contributed by atoms with Crippen molar-refractivity contribution in [1.29, 1.82) is 0 Å². The first-order valence-electron chi connectivity index (χ1n) is 20.0. The van der Waals surface area contributed by atoms with Crippen molar-refractivity contribution in [2.75, 3.05) is 12.5 Å². The van der Waals surface area contributed by atoms with Crippen molar-refractivity contribution in [1.82, 2.24) is 49.4 Å². The lowest BCUT2D eigenvalue weighted by Crippen LogP contribution is -2.05. The fraction of sp³-hybridized carbons (Fsp3) is 0.130. The van der Waals surface area contributed by atoms with Crippen LogP contribution in [-0.4, -0.2) is 87.1 Å². The van der Waals surface area contributed by atoms with Crippen molar-refractivity contribution in [3.63, 3.8) is 0 Å². The van der Waals surface area contributed by atoms with Gasteiger partial charge in [-0.2, -0.15) is 16.8 Å². The number of benzene rings is 2. The number of nitrogens with zero attached hydrogens (tertiary/aromatic N) is 10. The minimum Gasteiger partial charge on any atom is -0.364 e.